The minimum Gasteiger partial charge on any atom is -0.488 e. The number of rotatable bonds is 12. The number of hydrogen-bond donors (Lipinski definition) is 2. The van der Waals surface area contributed by atoms with Gasteiger partial charge in [-0.25, -0.2) is 0 Å². The van der Waals surface area contributed by atoms with E-state index in [-0.39, 0.29) is 12.8 Å². The molecule has 2 N–H and O–H groups in total. The standard InChI is InChI=1S/C28H24Cl2O6/c29-23-15-21(17-27(31)32)8-10-25(23)35-12-2-6-19-4-1-5-20(14-19)7-3-13-36-26-11-9-22(16-24(26)30)18-28(33)34/h1-11,14-16H,12-13,17-18H2,(H,31,32)(H,33,34)/b6-2+,7-3+. The lowest BCUT2D eigenvalue weighted by Crippen LogP contribution is -2.00. The van der Waals surface area contributed by atoms with Gasteiger partial charge in [0.15, 0.2) is 0 Å². The summed E-state index contributed by atoms with van der Waals surface area (Å²) in [6, 6.07) is 17.8. The molecule has 0 radical (unpaired) electrons. The number of carboxylic acid groups (broad SMARTS) is 2. The number of benzene rings is 3. The first kappa shape index (κ1) is 26.9. The Morgan fingerprint density at radius 1 is 0.694 bits per heavy atom. The van der Waals surface area contributed by atoms with E-state index in [0.29, 0.717) is 45.9 Å². The largest absolute Gasteiger partial charge is 0.488 e. The Hall–Kier alpha value is -3.74. The van der Waals surface area contributed by atoms with Crippen molar-refractivity contribution < 1.29 is 29.3 Å². The zero-order chi connectivity index (χ0) is 25.9. The summed E-state index contributed by atoms with van der Waals surface area (Å²) in [6.07, 6.45) is 7.41. The Balaban J connectivity index is 1.49. The van der Waals surface area contributed by atoms with Crippen LogP contribution in [-0.2, 0) is 22.4 Å². The summed E-state index contributed by atoms with van der Waals surface area (Å²) in [5.74, 6) is -0.852. The molecule has 0 saturated heterocycles. The Bertz CT molecular complexity index is 1190. The van der Waals surface area contributed by atoms with Gasteiger partial charge in [-0.05, 0) is 64.7 Å². The average molecular weight is 527 g/mol. The zero-order valence-corrected chi connectivity index (χ0v) is 20.7. The fraction of sp³-hybridized carbons (Fsp3) is 0.143. The van der Waals surface area contributed by atoms with Crippen LogP contribution < -0.4 is 9.47 Å². The van der Waals surface area contributed by atoms with Gasteiger partial charge in [0, 0.05) is 0 Å². The van der Waals surface area contributed by atoms with Gasteiger partial charge in [-0.1, -0.05) is 65.7 Å². The Kier molecular flexibility index (Phi) is 9.98. The predicted molar refractivity (Wildman–Crippen MR) is 141 cm³/mol. The highest BCUT2D eigenvalue weighted by atomic mass is 35.5. The molecule has 0 spiro atoms. The fourth-order valence-corrected chi connectivity index (χ4v) is 3.82. The molecule has 3 aromatic carbocycles. The van der Waals surface area contributed by atoms with Crippen LogP contribution in [0.3, 0.4) is 0 Å². The Morgan fingerprint density at radius 2 is 1.14 bits per heavy atom. The molecule has 0 aromatic heterocycles. The smallest absolute Gasteiger partial charge is 0.307 e. The van der Waals surface area contributed by atoms with Crippen molar-refractivity contribution in [3.05, 3.63) is 105 Å². The van der Waals surface area contributed by atoms with Gasteiger partial charge in [-0.2, -0.15) is 0 Å². The van der Waals surface area contributed by atoms with Gasteiger partial charge in [-0.15, -0.1) is 0 Å². The molecule has 0 aliphatic rings. The highest BCUT2D eigenvalue weighted by Crippen LogP contribution is 2.27. The Morgan fingerprint density at radius 3 is 1.53 bits per heavy atom. The van der Waals surface area contributed by atoms with Crippen molar-refractivity contribution in [2.24, 2.45) is 0 Å². The normalized spacial score (nSPS) is 11.2. The summed E-state index contributed by atoms with van der Waals surface area (Å²) in [4.78, 5) is 21.6. The Labute approximate surface area is 219 Å². The molecule has 0 bridgehead atoms. The molecular weight excluding hydrogens is 503 g/mol. The highest BCUT2D eigenvalue weighted by molar-refractivity contribution is 6.32. The molecule has 0 atom stereocenters. The summed E-state index contributed by atoms with van der Waals surface area (Å²) in [6.45, 7) is 0.607. The lowest BCUT2D eigenvalue weighted by Gasteiger charge is -2.07. The van der Waals surface area contributed by atoms with Crippen LogP contribution in [-0.4, -0.2) is 35.4 Å². The van der Waals surface area contributed by atoms with E-state index in [9.17, 15) is 9.59 Å². The van der Waals surface area contributed by atoms with Gasteiger partial charge in [-0.3, -0.25) is 9.59 Å². The number of carbonyl (C=O) groups is 2. The van der Waals surface area contributed by atoms with Crippen LogP contribution in [0.1, 0.15) is 22.3 Å². The van der Waals surface area contributed by atoms with Crippen molar-refractivity contribution in [1.82, 2.24) is 0 Å². The van der Waals surface area contributed by atoms with Crippen molar-refractivity contribution >= 4 is 47.3 Å². The maximum absolute atomic E-state index is 10.8. The second kappa shape index (κ2) is 13.4. The van der Waals surface area contributed by atoms with Crippen LogP contribution in [0, 0.1) is 0 Å². The third-order valence-electron chi connectivity index (χ3n) is 4.90. The number of hydrogen-bond acceptors (Lipinski definition) is 4. The van der Waals surface area contributed by atoms with Gasteiger partial charge >= 0.3 is 11.9 Å². The first-order valence-corrected chi connectivity index (χ1v) is 11.7. The quantitative estimate of drug-likeness (QED) is 0.282. The van der Waals surface area contributed by atoms with E-state index in [1.54, 1.807) is 36.4 Å². The number of carboxylic acids is 2. The molecule has 0 aliphatic carbocycles. The summed E-state index contributed by atoms with van der Waals surface area (Å²) in [7, 11) is 0. The predicted octanol–water partition coefficient (Wildman–Crippen LogP) is 6.43. The van der Waals surface area contributed by atoms with Crippen molar-refractivity contribution in [1.29, 1.82) is 0 Å². The van der Waals surface area contributed by atoms with Crippen LogP contribution in [0.15, 0.2) is 72.8 Å². The molecule has 3 aromatic rings. The summed E-state index contributed by atoms with van der Waals surface area (Å²) >= 11 is 12.3. The average Bonchev–Trinajstić information content (AvgIpc) is 2.81. The van der Waals surface area contributed by atoms with Crippen LogP contribution in [0.2, 0.25) is 10.0 Å². The molecular formula is C28H24Cl2O6. The van der Waals surface area contributed by atoms with Crippen LogP contribution >= 0.6 is 23.2 Å². The SMILES string of the molecule is O=C(O)Cc1ccc(OC/C=C/c2cccc(/C=C/COc3ccc(CC(=O)O)cc3Cl)c2)c(Cl)c1. The topological polar surface area (TPSA) is 93.1 Å². The minimum atomic E-state index is -0.916. The molecule has 6 nitrogen and oxygen atoms in total. The maximum atomic E-state index is 10.8. The van der Waals surface area contributed by atoms with E-state index < -0.39 is 11.9 Å². The third-order valence-corrected chi connectivity index (χ3v) is 5.50. The van der Waals surface area contributed by atoms with E-state index >= 15 is 0 Å². The van der Waals surface area contributed by atoms with Crippen LogP contribution in [0.5, 0.6) is 11.5 Å². The molecule has 0 aliphatic heterocycles. The van der Waals surface area contributed by atoms with Crippen molar-refractivity contribution in [3.8, 4) is 11.5 Å². The highest BCUT2D eigenvalue weighted by Gasteiger charge is 2.07. The van der Waals surface area contributed by atoms with Gasteiger partial charge in [0.05, 0.1) is 22.9 Å². The molecule has 0 amide bonds. The van der Waals surface area contributed by atoms with E-state index in [1.807, 2.05) is 48.6 Å². The molecule has 186 valence electrons. The molecule has 0 fully saturated rings. The fourth-order valence-electron chi connectivity index (χ4n) is 3.30. The number of halogens is 2. The van der Waals surface area contributed by atoms with Crippen LogP contribution in [0.25, 0.3) is 12.2 Å². The molecule has 0 unspecified atom stereocenters. The van der Waals surface area contributed by atoms with Gasteiger partial charge in [0.1, 0.15) is 24.7 Å². The lowest BCUT2D eigenvalue weighted by atomic mass is 10.1. The monoisotopic (exact) mass is 526 g/mol. The summed E-state index contributed by atoms with van der Waals surface area (Å²) in [5, 5.41) is 18.5. The van der Waals surface area contributed by atoms with Crippen molar-refractivity contribution in [2.75, 3.05) is 13.2 Å². The molecule has 36 heavy (non-hydrogen) atoms. The number of ether oxygens (including phenoxy) is 2. The molecule has 8 heteroatoms. The van der Waals surface area contributed by atoms with E-state index in [1.165, 1.54) is 0 Å². The first-order valence-electron chi connectivity index (χ1n) is 11.0. The van der Waals surface area contributed by atoms with Crippen molar-refractivity contribution in [3.63, 3.8) is 0 Å². The first-order chi connectivity index (χ1) is 17.3. The van der Waals surface area contributed by atoms with E-state index in [4.69, 9.17) is 42.9 Å². The molecule has 0 saturated carbocycles. The second-order valence-corrected chi connectivity index (χ2v) is 8.58. The zero-order valence-electron chi connectivity index (χ0n) is 19.2. The summed E-state index contributed by atoms with van der Waals surface area (Å²) < 4.78 is 11.3. The van der Waals surface area contributed by atoms with Gasteiger partial charge in [0.25, 0.3) is 0 Å². The summed E-state index contributed by atoms with van der Waals surface area (Å²) in [5.41, 5.74) is 3.20. The second-order valence-electron chi connectivity index (χ2n) is 7.77. The van der Waals surface area contributed by atoms with E-state index in [2.05, 4.69) is 0 Å². The van der Waals surface area contributed by atoms with Gasteiger partial charge in [0.2, 0.25) is 0 Å². The molecule has 0 heterocycles. The van der Waals surface area contributed by atoms with E-state index in [0.717, 1.165) is 11.1 Å². The minimum absolute atomic E-state index is 0.0910. The third kappa shape index (κ3) is 8.80. The molecule has 3 rings (SSSR count). The van der Waals surface area contributed by atoms with Crippen LogP contribution in [0.4, 0.5) is 0 Å². The van der Waals surface area contributed by atoms with Crippen molar-refractivity contribution in [2.45, 2.75) is 12.8 Å². The van der Waals surface area contributed by atoms with Gasteiger partial charge < -0.3 is 19.7 Å². The number of aliphatic carboxylic acids is 2. The lowest BCUT2D eigenvalue weighted by molar-refractivity contribution is -0.137. The maximum Gasteiger partial charge on any atom is 0.307 e.